The molecule has 2 saturated heterocycles. The molecule has 0 aromatic heterocycles. The lowest BCUT2D eigenvalue weighted by Crippen LogP contribution is -2.66. The molecule has 0 spiro atoms. The van der Waals surface area contributed by atoms with Gasteiger partial charge in [0.25, 0.3) is 0 Å². The van der Waals surface area contributed by atoms with Gasteiger partial charge < -0.3 is 9.80 Å². The number of likely N-dealkylation sites (N-methyl/N-ethyl adjacent to an activating group) is 1. The van der Waals surface area contributed by atoms with E-state index in [0.717, 1.165) is 11.4 Å². The van der Waals surface area contributed by atoms with Gasteiger partial charge in [0.15, 0.2) is 0 Å². The largest absolute Gasteiger partial charge is 0.313 e. The molecule has 4 rings (SSSR count). The van der Waals surface area contributed by atoms with Crippen LogP contribution in [-0.2, 0) is 4.79 Å². The van der Waals surface area contributed by atoms with Crippen LogP contribution in [0.15, 0.2) is 28.9 Å². The molecule has 4 aliphatic rings. The maximum atomic E-state index is 12.3. The summed E-state index contributed by atoms with van der Waals surface area (Å²) < 4.78 is 0. The maximum absolute atomic E-state index is 12.3. The quantitative estimate of drug-likeness (QED) is 0.586. The number of carbonyl (C=O) groups excluding carboxylic acids is 1. The topological polar surface area (TPSA) is 60.0 Å². The van der Waals surface area contributed by atoms with Crippen molar-refractivity contribution in [1.82, 2.24) is 20.4 Å². The van der Waals surface area contributed by atoms with Crippen LogP contribution in [-0.4, -0.2) is 53.1 Å². The first-order chi connectivity index (χ1) is 8.66. The molecule has 0 aromatic rings. The summed E-state index contributed by atoms with van der Waals surface area (Å²) >= 11 is 0. The molecule has 2 N–H and O–H groups in total. The highest BCUT2D eigenvalue weighted by Gasteiger charge is 2.52. The Hall–Kier alpha value is -1.66. The minimum absolute atomic E-state index is 0.0129. The van der Waals surface area contributed by atoms with E-state index in [0.29, 0.717) is 0 Å². The first-order valence-corrected chi connectivity index (χ1v) is 6.20. The third kappa shape index (κ3) is 1.09. The molecule has 0 aromatic carbocycles. The standard InChI is InChI=1S/C12H15N5O/c1-6-13-9-10(14-6)17-8-5-3-4-7(8)15-12(17)16(2)11(9)18/h3-6,9-10,12-14H,1-2H3. The third-order valence-corrected chi connectivity index (χ3v) is 3.98. The Kier molecular flexibility index (Phi) is 1.83. The number of carbonyl (C=O) groups is 1. The summed E-state index contributed by atoms with van der Waals surface area (Å²) in [5.74, 6) is 0.104. The molecule has 1 amide bonds. The molecule has 6 heteroatoms. The van der Waals surface area contributed by atoms with Gasteiger partial charge in [-0.1, -0.05) is 6.08 Å². The van der Waals surface area contributed by atoms with E-state index in [9.17, 15) is 4.79 Å². The molecule has 94 valence electrons. The summed E-state index contributed by atoms with van der Waals surface area (Å²) in [6.07, 6.45) is 5.97. The Morgan fingerprint density at radius 1 is 1.39 bits per heavy atom. The lowest BCUT2D eigenvalue weighted by molar-refractivity contribution is -0.145. The van der Waals surface area contributed by atoms with E-state index in [1.165, 1.54) is 0 Å². The number of amides is 1. The second-order valence-corrected chi connectivity index (χ2v) is 5.11. The fourth-order valence-electron chi connectivity index (χ4n) is 3.15. The van der Waals surface area contributed by atoms with Crippen LogP contribution < -0.4 is 10.6 Å². The number of nitrogens with zero attached hydrogens (tertiary/aromatic N) is 3. The Labute approximate surface area is 105 Å². The molecule has 3 aliphatic heterocycles. The lowest BCUT2D eigenvalue weighted by atomic mass is 10.1. The average molecular weight is 245 g/mol. The number of allylic oxidation sites excluding steroid dienone is 3. The summed E-state index contributed by atoms with van der Waals surface area (Å²) in [5, 5.41) is 6.70. The zero-order valence-electron chi connectivity index (χ0n) is 10.3. The number of fused-ring (bicyclic) bond motifs is 5. The Morgan fingerprint density at radius 2 is 2.22 bits per heavy atom. The normalized spacial score (nSPS) is 40.7. The molecule has 18 heavy (non-hydrogen) atoms. The highest BCUT2D eigenvalue weighted by Crippen LogP contribution is 2.34. The molecule has 3 heterocycles. The summed E-state index contributed by atoms with van der Waals surface area (Å²) in [5.41, 5.74) is 2.08. The second kappa shape index (κ2) is 3.21. The van der Waals surface area contributed by atoms with Crippen LogP contribution in [0.5, 0.6) is 0 Å². The van der Waals surface area contributed by atoms with Gasteiger partial charge in [-0.05, 0) is 19.1 Å². The van der Waals surface area contributed by atoms with Crippen molar-refractivity contribution < 1.29 is 4.79 Å². The average Bonchev–Trinajstić information content (AvgIpc) is 2.98. The van der Waals surface area contributed by atoms with Gasteiger partial charge in [-0.2, -0.15) is 0 Å². The van der Waals surface area contributed by atoms with Crippen molar-refractivity contribution in [2.45, 2.75) is 31.6 Å². The predicted molar refractivity (Wildman–Crippen MR) is 66.4 cm³/mol. The van der Waals surface area contributed by atoms with Crippen molar-refractivity contribution in [3.05, 3.63) is 23.9 Å². The summed E-state index contributed by atoms with van der Waals surface area (Å²) in [6, 6.07) is -0.197. The molecule has 2 fully saturated rings. The van der Waals surface area contributed by atoms with Crippen molar-refractivity contribution in [1.29, 1.82) is 0 Å². The Bertz CT molecular complexity index is 523. The van der Waals surface area contributed by atoms with Crippen molar-refractivity contribution in [2.24, 2.45) is 4.99 Å². The molecule has 4 unspecified atom stereocenters. The fourth-order valence-corrected chi connectivity index (χ4v) is 3.15. The Morgan fingerprint density at radius 3 is 3.06 bits per heavy atom. The van der Waals surface area contributed by atoms with E-state index in [-0.39, 0.29) is 30.6 Å². The van der Waals surface area contributed by atoms with Gasteiger partial charge in [-0.25, -0.2) is 4.99 Å². The van der Waals surface area contributed by atoms with Crippen molar-refractivity contribution in [2.75, 3.05) is 7.05 Å². The van der Waals surface area contributed by atoms with Crippen LogP contribution in [0.3, 0.4) is 0 Å². The smallest absolute Gasteiger partial charge is 0.246 e. The van der Waals surface area contributed by atoms with Gasteiger partial charge in [-0.15, -0.1) is 0 Å². The molecular weight excluding hydrogens is 230 g/mol. The SMILES string of the molecule is CC1NC2C(=O)N(C)C3N=C4C=CC=C4N3C2N1. The van der Waals surface area contributed by atoms with Crippen molar-refractivity contribution in [3.8, 4) is 0 Å². The maximum Gasteiger partial charge on any atom is 0.246 e. The summed E-state index contributed by atoms with van der Waals surface area (Å²) in [4.78, 5) is 20.8. The lowest BCUT2D eigenvalue weighted by Gasteiger charge is -2.44. The van der Waals surface area contributed by atoms with Gasteiger partial charge in [-0.3, -0.25) is 15.4 Å². The fraction of sp³-hybridized carbons (Fsp3) is 0.500. The molecule has 0 radical (unpaired) electrons. The van der Waals surface area contributed by atoms with Gasteiger partial charge in [0, 0.05) is 7.05 Å². The van der Waals surface area contributed by atoms with Crippen molar-refractivity contribution >= 4 is 11.6 Å². The number of hydrogen-bond donors (Lipinski definition) is 2. The van der Waals surface area contributed by atoms with Crippen molar-refractivity contribution in [3.63, 3.8) is 0 Å². The minimum atomic E-state index is -0.204. The van der Waals surface area contributed by atoms with Gasteiger partial charge in [0.1, 0.15) is 12.2 Å². The van der Waals surface area contributed by atoms with Gasteiger partial charge in [0.2, 0.25) is 12.2 Å². The zero-order chi connectivity index (χ0) is 12.4. The highest BCUT2D eigenvalue weighted by molar-refractivity contribution is 6.12. The first-order valence-electron chi connectivity index (χ1n) is 6.20. The Balaban J connectivity index is 1.79. The van der Waals surface area contributed by atoms with E-state index in [1.54, 1.807) is 4.90 Å². The number of aliphatic imine (C=N–C) groups is 1. The van der Waals surface area contributed by atoms with Crippen LogP contribution in [0.4, 0.5) is 0 Å². The highest BCUT2D eigenvalue weighted by atomic mass is 16.2. The minimum Gasteiger partial charge on any atom is -0.313 e. The predicted octanol–water partition coefficient (Wildman–Crippen LogP) is -0.814. The van der Waals surface area contributed by atoms with E-state index in [1.807, 2.05) is 26.1 Å². The van der Waals surface area contributed by atoms with Gasteiger partial charge >= 0.3 is 0 Å². The van der Waals surface area contributed by atoms with Crippen LogP contribution >= 0.6 is 0 Å². The van der Waals surface area contributed by atoms with E-state index < -0.39 is 0 Å². The van der Waals surface area contributed by atoms with E-state index in [4.69, 9.17) is 0 Å². The zero-order valence-corrected chi connectivity index (χ0v) is 10.3. The monoisotopic (exact) mass is 245 g/mol. The number of nitrogens with one attached hydrogen (secondary N) is 2. The molecule has 1 aliphatic carbocycles. The van der Waals surface area contributed by atoms with Crippen LogP contribution in [0, 0.1) is 0 Å². The summed E-state index contributed by atoms with van der Waals surface area (Å²) in [6.45, 7) is 2.03. The third-order valence-electron chi connectivity index (χ3n) is 3.98. The molecule has 6 nitrogen and oxygen atoms in total. The summed E-state index contributed by atoms with van der Waals surface area (Å²) in [7, 11) is 1.82. The van der Waals surface area contributed by atoms with Crippen LogP contribution in [0.2, 0.25) is 0 Å². The molecule has 0 saturated carbocycles. The van der Waals surface area contributed by atoms with Gasteiger partial charge in [0.05, 0.1) is 17.6 Å². The van der Waals surface area contributed by atoms with E-state index >= 15 is 0 Å². The number of hydrogen-bond acceptors (Lipinski definition) is 5. The molecule has 0 bridgehead atoms. The van der Waals surface area contributed by atoms with Crippen LogP contribution in [0.25, 0.3) is 0 Å². The molecular formula is C12H15N5O. The molecule has 4 atom stereocenters. The number of rotatable bonds is 0. The second-order valence-electron chi connectivity index (χ2n) is 5.11. The van der Waals surface area contributed by atoms with E-state index in [2.05, 4.69) is 26.6 Å². The first kappa shape index (κ1) is 10.3. The van der Waals surface area contributed by atoms with Crippen LogP contribution in [0.1, 0.15) is 6.92 Å².